The molecule has 2 rings (SSSR count). The van der Waals surface area contributed by atoms with Crippen LogP contribution in [0, 0.1) is 19.8 Å². The molecule has 0 unspecified atom stereocenters. The van der Waals surface area contributed by atoms with Gasteiger partial charge in [-0.15, -0.1) is 0 Å². The van der Waals surface area contributed by atoms with Crippen LogP contribution in [0.4, 0.5) is 0 Å². The highest BCUT2D eigenvalue weighted by Crippen LogP contribution is 2.23. The molecule has 1 amide bonds. The summed E-state index contributed by atoms with van der Waals surface area (Å²) in [5, 5.41) is 0. The highest BCUT2D eigenvalue weighted by molar-refractivity contribution is 6.06. The molecule has 0 bridgehead atoms. The summed E-state index contributed by atoms with van der Waals surface area (Å²) in [6.07, 6.45) is 0.798. The van der Waals surface area contributed by atoms with Crippen molar-refractivity contribution in [2.45, 2.75) is 41.0 Å². The fourth-order valence-corrected chi connectivity index (χ4v) is 3.56. The summed E-state index contributed by atoms with van der Waals surface area (Å²) in [6.45, 7) is 10.2. The largest absolute Gasteiger partial charge is 0.461 e. The van der Waals surface area contributed by atoms with Gasteiger partial charge in [-0.05, 0) is 50.8 Å². The molecular formula is C24H32N2O4. The second-order valence-electron chi connectivity index (χ2n) is 7.91. The standard InChI is InChI=1S/C24H32N2O4/c1-7-30-24(29)22-17(4)21(18(5)25(22)6)20(27)15-26(14-13-16(2)3)23(28)19-11-9-8-10-12-19/h8-12,16H,7,13-15H2,1-6H3. The Morgan fingerprint density at radius 1 is 1.10 bits per heavy atom. The fraction of sp³-hybridized carbons (Fsp3) is 0.458. The van der Waals surface area contributed by atoms with Crippen molar-refractivity contribution in [2.24, 2.45) is 13.0 Å². The van der Waals surface area contributed by atoms with Crippen LogP contribution in [0.3, 0.4) is 0 Å². The van der Waals surface area contributed by atoms with Crippen molar-refractivity contribution < 1.29 is 19.1 Å². The van der Waals surface area contributed by atoms with Crippen molar-refractivity contribution in [3.05, 3.63) is 58.4 Å². The Hall–Kier alpha value is -2.89. The molecule has 30 heavy (non-hydrogen) atoms. The van der Waals surface area contributed by atoms with Gasteiger partial charge in [0.2, 0.25) is 0 Å². The van der Waals surface area contributed by atoms with Gasteiger partial charge in [0.05, 0.1) is 13.2 Å². The minimum atomic E-state index is -0.448. The van der Waals surface area contributed by atoms with E-state index in [9.17, 15) is 14.4 Å². The molecule has 0 saturated carbocycles. The van der Waals surface area contributed by atoms with Gasteiger partial charge >= 0.3 is 5.97 Å². The maximum atomic E-state index is 13.3. The van der Waals surface area contributed by atoms with Gasteiger partial charge in [0.15, 0.2) is 5.78 Å². The van der Waals surface area contributed by atoms with Crippen LogP contribution in [0.25, 0.3) is 0 Å². The van der Waals surface area contributed by atoms with Crippen LogP contribution >= 0.6 is 0 Å². The molecule has 0 atom stereocenters. The van der Waals surface area contributed by atoms with Crippen LogP contribution in [-0.2, 0) is 11.8 Å². The Labute approximate surface area is 178 Å². The molecule has 0 N–H and O–H groups in total. The number of aromatic nitrogens is 1. The van der Waals surface area contributed by atoms with Gasteiger partial charge in [0, 0.05) is 30.4 Å². The van der Waals surface area contributed by atoms with Crippen molar-refractivity contribution in [3.8, 4) is 0 Å². The first-order chi connectivity index (χ1) is 14.2. The van der Waals surface area contributed by atoms with Crippen molar-refractivity contribution in [1.82, 2.24) is 9.47 Å². The van der Waals surface area contributed by atoms with Gasteiger partial charge < -0.3 is 14.2 Å². The van der Waals surface area contributed by atoms with Gasteiger partial charge in [-0.25, -0.2) is 4.79 Å². The Morgan fingerprint density at radius 3 is 2.30 bits per heavy atom. The van der Waals surface area contributed by atoms with E-state index in [1.807, 2.05) is 18.2 Å². The maximum Gasteiger partial charge on any atom is 0.355 e. The third kappa shape index (κ3) is 5.17. The van der Waals surface area contributed by atoms with E-state index in [1.165, 1.54) is 0 Å². The topological polar surface area (TPSA) is 68.6 Å². The fourth-order valence-electron chi connectivity index (χ4n) is 3.56. The molecule has 0 spiro atoms. The monoisotopic (exact) mass is 412 g/mol. The molecule has 1 aromatic carbocycles. The number of hydrogen-bond acceptors (Lipinski definition) is 4. The van der Waals surface area contributed by atoms with E-state index in [0.29, 0.717) is 40.5 Å². The molecule has 1 heterocycles. The summed E-state index contributed by atoms with van der Waals surface area (Å²) in [7, 11) is 1.75. The number of ether oxygens (including phenoxy) is 1. The number of carbonyl (C=O) groups excluding carboxylic acids is 3. The van der Waals surface area contributed by atoms with Crippen LogP contribution < -0.4 is 0 Å². The summed E-state index contributed by atoms with van der Waals surface area (Å²) in [6, 6.07) is 8.99. The SMILES string of the molecule is CCOC(=O)c1c(C)c(C(=O)CN(CCC(C)C)C(=O)c2ccccc2)c(C)n1C. The number of carbonyl (C=O) groups is 3. The van der Waals surface area contributed by atoms with Gasteiger partial charge in [0.1, 0.15) is 5.69 Å². The molecule has 162 valence electrons. The number of Topliss-reactive ketones (excluding diaryl/α,β-unsaturated/α-hetero) is 1. The van der Waals surface area contributed by atoms with E-state index in [2.05, 4.69) is 13.8 Å². The Kier molecular flexibility index (Phi) is 7.98. The lowest BCUT2D eigenvalue weighted by atomic mass is 10.0. The summed E-state index contributed by atoms with van der Waals surface area (Å²) in [5.41, 5.74) is 2.70. The van der Waals surface area contributed by atoms with Crippen LogP contribution in [0.1, 0.15) is 69.7 Å². The zero-order valence-electron chi connectivity index (χ0n) is 18.8. The van der Waals surface area contributed by atoms with E-state index in [0.717, 1.165) is 6.42 Å². The van der Waals surface area contributed by atoms with E-state index in [-0.39, 0.29) is 24.8 Å². The number of benzene rings is 1. The first-order valence-electron chi connectivity index (χ1n) is 10.4. The number of nitrogens with zero attached hydrogens (tertiary/aromatic N) is 2. The van der Waals surface area contributed by atoms with Crippen LogP contribution in [0.5, 0.6) is 0 Å². The van der Waals surface area contributed by atoms with E-state index < -0.39 is 5.97 Å². The second kappa shape index (κ2) is 10.2. The van der Waals surface area contributed by atoms with Gasteiger partial charge in [-0.3, -0.25) is 9.59 Å². The summed E-state index contributed by atoms with van der Waals surface area (Å²) >= 11 is 0. The molecule has 0 aliphatic carbocycles. The summed E-state index contributed by atoms with van der Waals surface area (Å²) < 4.78 is 6.84. The lowest BCUT2D eigenvalue weighted by Crippen LogP contribution is -2.37. The molecule has 0 radical (unpaired) electrons. The first kappa shape index (κ1) is 23.4. The zero-order valence-corrected chi connectivity index (χ0v) is 18.8. The quantitative estimate of drug-likeness (QED) is 0.457. The van der Waals surface area contributed by atoms with Crippen molar-refractivity contribution in [3.63, 3.8) is 0 Å². The van der Waals surface area contributed by atoms with E-state index in [1.54, 1.807) is 49.4 Å². The molecule has 0 aliphatic heterocycles. The lowest BCUT2D eigenvalue weighted by molar-refractivity contribution is 0.0514. The number of ketones is 1. The number of rotatable bonds is 9. The maximum absolute atomic E-state index is 13.3. The predicted molar refractivity (Wildman–Crippen MR) is 117 cm³/mol. The average molecular weight is 413 g/mol. The van der Waals surface area contributed by atoms with Crippen molar-refractivity contribution in [1.29, 1.82) is 0 Å². The van der Waals surface area contributed by atoms with Crippen molar-refractivity contribution >= 4 is 17.7 Å². The van der Waals surface area contributed by atoms with E-state index in [4.69, 9.17) is 4.74 Å². The van der Waals surface area contributed by atoms with Crippen LogP contribution in [0.2, 0.25) is 0 Å². The highest BCUT2D eigenvalue weighted by Gasteiger charge is 2.28. The van der Waals surface area contributed by atoms with Crippen LogP contribution in [-0.4, -0.2) is 46.8 Å². The number of esters is 1. The summed E-state index contributed by atoms with van der Waals surface area (Å²) in [4.78, 5) is 40.3. The Morgan fingerprint density at radius 2 is 1.73 bits per heavy atom. The Bertz CT molecular complexity index is 913. The molecular weight excluding hydrogens is 380 g/mol. The van der Waals surface area contributed by atoms with Crippen LogP contribution in [0.15, 0.2) is 30.3 Å². The third-order valence-corrected chi connectivity index (χ3v) is 5.30. The smallest absolute Gasteiger partial charge is 0.355 e. The van der Waals surface area contributed by atoms with Gasteiger partial charge in [-0.2, -0.15) is 0 Å². The molecule has 0 aliphatic rings. The van der Waals surface area contributed by atoms with Gasteiger partial charge in [0.25, 0.3) is 5.91 Å². The highest BCUT2D eigenvalue weighted by atomic mass is 16.5. The first-order valence-corrected chi connectivity index (χ1v) is 10.4. The molecule has 0 fully saturated rings. The third-order valence-electron chi connectivity index (χ3n) is 5.30. The number of hydrogen-bond donors (Lipinski definition) is 0. The van der Waals surface area contributed by atoms with Gasteiger partial charge in [-0.1, -0.05) is 32.0 Å². The lowest BCUT2D eigenvalue weighted by Gasteiger charge is -2.23. The predicted octanol–water partition coefficient (Wildman–Crippen LogP) is 4.19. The minimum Gasteiger partial charge on any atom is -0.461 e. The summed E-state index contributed by atoms with van der Waals surface area (Å²) in [5.74, 6) is -0.385. The normalized spacial score (nSPS) is 10.9. The average Bonchev–Trinajstić information content (AvgIpc) is 2.93. The van der Waals surface area contributed by atoms with Crippen molar-refractivity contribution in [2.75, 3.05) is 19.7 Å². The second-order valence-corrected chi connectivity index (χ2v) is 7.91. The molecule has 6 nitrogen and oxygen atoms in total. The van der Waals surface area contributed by atoms with E-state index >= 15 is 0 Å². The number of amides is 1. The molecule has 0 saturated heterocycles. The molecule has 2 aromatic rings. The minimum absolute atomic E-state index is 0.0333. The molecule has 1 aromatic heterocycles. The zero-order chi connectivity index (χ0) is 22.4. The molecule has 6 heteroatoms. The Balaban J connectivity index is 2.34.